The Balaban J connectivity index is 1.65. The number of anilines is 1. The Hall–Kier alpha value is -2.18. The molecule has 0 aliphatic carbocycles. The van der Waals surface area contributed by atoms with Crippen LogP contribution in [0.2, 0.25) is 0 Å². The van der Waals surface area contributed by atoms with Crippen LogP contribution >= 0.6 is 15.9 Å². The molecule has 1 heterocycles. The molecule has 0 aromatic heterocycles. The van der Waals surface area contributed by atoms with E-state index in [1.807, 2.05) is 31.2 Å². The van der Waals surface area contributed by atoms with Crippen LogP contribution in [-0.2, 0) is 4.74 Å². The average Bonchev–Trinajstić information content (AvgIpc) is 2.64. The molecule has 1 aliphatic heterocycles. The van der Waals surface area contributed by atoms with E-state index in [0.29, 0.717) is 5.56 Å². The van der Waals surface area contributed by atoms with E-state index in [0.717, 1.165) is 41.9 Å². The van der Waals surface area contributed by atoms with E-state index in [9.17, 15) is 4.79 Å². The van der Waals surface area contributed by atoms with Gasteiger partial charge in [-0.2, -0.15) is 5.10 Å². The zero-order chi connectivity index (χ0) is 17.6. The number of benzene rings is 2. The summed E-state index contributed by atoms with van der Waals surface area (Å²) in [4.78, 5) is 14.4. The highest BCUT2D eigenvalue weighted by atomic mass is 79.9. The highest BCUT2D eigenvalue weighted by Gasteiger charge is 2.12. The Morgan fingerprint density at radius 1 is 1.24 bits per heavy atom. The van der Waals surface area contributed by atoms with Gasteiger partial charge < -0.3 is 9.64 Å². The van der Waals surface area contributed by atoms with Crippen molar-refractivity contribution in [1.29, 1.82) is 0 Å². The van der Waals surface area contributed by atoms with Gasteiger partial charge in [-0.25, -0.2) is 5.43 Å². The molecule has 0 unspecified atom stereocenters. The number of hydrogen-bond acceptors (Lipinski definition) is 4. The molecule has 0 spiro atoms. The van der Waals surface area contributed by atoms with Crippen LogP contribution < -0.4 is 10.3 Å². The van der Waals surface area contributed by atoms with Crippen LogP contribution in [0.25, 0.3) is 0 Å². The van der Waals surface area contributed by atoms with E-state index in [1.54, 1.807) is 12.3 Å². The number of ether oxygens (including phenoxy) is 1. The summed E-state index contributed by atoms with van der Waals surface area (Å²) in [6.07, 6.45) is 1.67. The zero-order valence-electron chi connectivity index (χ0n) is 14.0. The minimum Gasteiger partial charge on any atom is -0.378 e. The molecule has 0 atom stereocenters. The summed E-state index contributed by atoms with van der Waals surface area (Å²) in [6, 6.07) is 13.5. The van der Waals surface area contributed by atoms with Crippen molar-refractivity contribution in [2.75, 3.05) is 31.2 Å². The number of morpholine rings is 1. The van der Waals surface area contributed by atoms with Crippen molar-refractivity contribution in [2.24, 2.45) is 5.10 Å². The maximum atomic E-state index is 12.1. The van der Waals surface area contributed by atoms with Crippen LogP contribution in [0.1, 0.15) is 21.5 Å². The maximum absolute atomic E-state index is 12.1. The van der Waals surface area contributed by atoms with Gasteiger partial charge in [-0.3, -0.25) is 4.79 Å². The van der Waals surface area contributed by atoms with Crippen molar-refractivity contribution in [1.82, 2.24) is 5.43 Å². The predicted octanol–water partition coefficient (Wildman–Crippen LogP) is 3.36. The molecule has 2 aromatic carbocycles. The van der Waals surface area contributed by atoms with Gasteiger partial charge in [-0.15, -0.1) is 0 Å². The number of rotatable bonds is 4. The van der Waals surface area contributed by atoms with E-state index < -0.39 is 0 Å². The molecule has 2 aromatic rings. The Kier molecular flexibility index (Phi) is 5.83. The summed E-state index contributed by atoms with van der Waals surface area (Å²) < 4.78 is 6.13. The van der Waals surface area contributed by atoms with E-state index in [4.69, 9.17) is 4.74 Å². The van der Waals surface area contributed by atoms with Gasteiger partial charge in [0, 0.05) is 23.2 Å². The second-order valence-corrected chi connectivity index (χ2v) is 6.67. The van der Waals surface area contributed by atoms with Gasteiger partial charge in [0.1, 0.15) is 0 Å². The summed E-state index contributed by atoms with van der Waals surface area (Å²) in [6.45, 7) is 5.40. The van der Waals surface area contributed by atoms with E-state index in [1.165, 1.54) is 5.69 Å². The van der Waals surface area contributed by atoms with Crippen LogP contribution in [0.15, 0.2) is 52.0 Å². The number of carbonyl (C=O) groups excluding carboxylic acids is 1. The Bertz CT molecular complexity index is 786. The van der Waals surface area contributed by atoms with Gasteiger partial charge in [0.15, 0.2) is 0 Å². The molecule has 1 fully saturated rings. The monoisotopic (exact) mass is 401 g/mol. The molecule has 1 aliphatic rings. The van der Waals surface area contributed by atoms with Gasteiger partial charge in [0.05, 0.1) is 25.0 Å². The lowest BCUT2D eigenvalue weighted by Crippen LogP contribution is -2.36. The normalized spacial score (nSPS) is 14.7. The number of nitrogens with zero attached hydrogens (tertiary/aromatic N) is 2. The number of carbonyl (C=O) groups is 1. The molecule has 0 bridgehead atoms. The Morgan fingerprint density at radius 2 is 2.00 bits per heavy atom. The summed E-state index contributed by atoms with van der Waals surface area (Å²) in [5, 5.41) is 4.08. The van der Waals surface area contributed by atoms with Gasteiger partial charge in [0.25, 0.3) is 5.91 Å². The van der Waals surface area contributed by atoms with Gasteiger partial charge >= 0.3 is 0 Å². The molecule has 6 heteroatoms. The van der Waals surface area contributed by atoms with Crippen LogP contribution in [0, 0.1) is 6.92 Å². The second kappa shape index (κ2) is 8.27. The first-order valence-electron chi connectivity index (χ1n) is 8.16. The summed E-state index contributed by atoms with van der Waals surface area (Å²) in [5.41, 5.74) is 6.40. The highest BCUT2D eigenvalue weighted by molar-refractivity contribution is 9.10. The number of hydrogen-bond donors (Lipinski definition) is 1. The van der Waals surface area contributed by atoms with Crippen molar-refractivity contribution < 1.29 is 9.53 Å². The molecule has 1 N–H and O–H groups in total. The third-order valence-electron chi connectivity index (χ3n) is 4.12. The van der Waals surface area contributed by atoms with Crippen LogP contribution in [0.3, 0.4) is 0 Å². The van der Waals surface area contributed by atoms with E-state index in [2.05, 4.69) is 43.5 Å². The smallest absolute Gasteiger partial charge is 0.272 e. The Labute approximate surface area is 155 Å². The molecule has 0 saturated carbocycles. The molecular weight excluding hydrogens is 382 g/mol. The lowest BCUT2D eigenvalue weighted by atomic mass is 10.1. The van der Waals surface area contributed by atoms with Crippen molar-refractivity contribution in [3.8, 4) is 0 Å². The third kappa shape index (κ3) is 4.46. The molecule has 5 nitrogen and oxygen atoms in total. The molecule has 1 amide bonds. The summed E-state index contributed by atoms with van der Waals surface area (Å²) >= 11 is 3.36. The van der Waals surface area contributed by atoms with Crippen LogP contribution in [0.5, 0.6) is 0 Å². The number of halogens is 1. The van der Waals surface area contributed by atoms with Crippen molar-refractivity contribution >= 4 is 33.7 Å². The van der Waals surface area contributed by atoms with Gasteiger partial charge in [-0.1, -0.05) is 18.2 Å². The summed E-state index contributed by atoms with van der Waals surface area (Å²) in [5.74, 6) is -0.244. The second-order valence-electron chi connectivity index (χ2n) is 5.82. The lowest BCUT2D eigenvalue weighted by molar-refractivity contribution is 0.0954. The standard InChI is InChI=1S/C19H20BrN3O2/c1-14-12-16(23-8-10-25-11-9-23)7-6-15(14)13-21-22-19(24)17-4-2-3-5-18(17)20/h2-7,12-13H,8-11H2,1H3,(H,22,24)/b21-13-. The SMILES string of the molecule is Cc1cc(N2CCOCC2)ccc1/C=N\NC(=O)c1ccccc1Br. The largest absolute Gasteiger partial charge is 0.378 e. The fraction of sp³-hybridized carbons (Fsp3) is 0.263. The van der Waals surface area contributed by atoms with Gasteiger partial charge in [0.2, 0.25) is 0 Å². The summed E-state index contributed by atoms with van der Waals surface area (Å²) in [7, 11) is 0. The zero-order valence-corrected chi connectivity index (χ0v) is 15.6. The maximum Gasteiger partial charge on any atom is 0.272 e. The van der Waals surface area contributed by atoms with Crippen LogP contribution in [-0.4, -0.2) is 38.4 Å². The first-order chi connectivity index (χ1) is 12.1. The molecule has 1 saturated heterocycles. The molecule has 130 valence electrons. The van der Waals surface area contributed by atoms with E-state index >= 15 is 0 Å². The number of nitrogens with one attached hydrogen (secondary N) is 1. The molecular formula is C19H20BrN3O2. The number of amides is 1. The van der Waals surface area contributed by atoms with E-state index in [-0.39, 0.29) is 5.91 Å². The quantitative estimate of drug-likeness (QED) is 0.631. The van der Waals surface area contributed by atoms with Crippen molar-refractivity contribution in [3.05, 3.63) is 63.6 Å². The number of hydrazone groups is 1. The fourth-order valence-corrected chi connectivity index (χ4v) is 3.15. The lowest BCUT2D eigenvalue weighted by Gasteiger charge is -2.29. The number of aryl methyl sites for hydroxylation is 1. The van der Waals surface area contributed by atoms with Crippen molar-refractivity contribution in [2.45, 2.75) is 6.92 Å². The van der Waals surface area contributed by atoms with Crippen LogP contribution in [0.4, 0.5) is 5.69 Å². The first-order valence-corrected chi connectivity index (χ1v) is 8.96. The highest BCUT2D eigenvalue weighted by Crippen LogP contribution is 2.19. The predicted molar refractivity (Wildman–Crippen MR) is 103 cm³/mol. The molecule has 3 rings (SSSR count). The first kappa shape index (κ1) is 17.6. The Morgan fingerprint density at radius 3 is 2.72 bits per heavy atom. The topological polar surface area (TPSA) is 53.9 Å². The van der Waals surface area contributed by atoms with Crippen molar-refractivity contribution in [3.63, 3.8) is 0 Å². The molecule has 25 heavy (non-hydrogen) atoms. The fourth-order valence-electron chi connectivity index (χ4n) is 2.69. The third-order valence-corrected chi connectivity index (χ3v) is 4.81. The minimum absolute atomic E-state index is 0.244. The molecule has 0 radical (unpaired) electrons. The minimum atomic E-state index is -0.244. The average molecular weight is 402 g/mol. The van der Waals surface area contributed by atoms with Gasteiger partial charge in [-0.05, 0) is 58.2 Å².